The van der Waals surface area contributed by atoms with Gasteiger partial charge in [0, 0.05) is 5.92 Å². The normalized spacial score (nSPS) is 30.5. The molecule has 1 atom stereocenters. The third kappa shape index (κ3) is 2.38. The predicted molar refractivity (Wildman–Crippen MR) is 94.6 cm³/mol. The SMILES string of the molecule is O=C(NC1c2ccccc2CC12CC2)C1CC(F)(c2cccc(F)c2)C1. The first-order valence-corrected chi connectivity index (χ1v) is 9.32. The van der Waals surface area contributed by atoms with E-state index in [1.165, 1.54) is 29.3 Å². The van der Waals surface area contributed by atoms with Crippen LogP contribution in [0.4, 0.5) is 8.78 Å². The Bertz CT molecular complexity index is 883. The predicted octanol–water partition coefficient (Wildman–Crippen LogP) is 4.59. The van der Waals surface area contributed by atoms with E-state index in [0.29, 0.717) is 5.56 Å². The highest BCUT2D eigenvalue weighted by Crippen LogP contribution is 2.62. The van der Waals surface area contributed by atoms with E-state index >= 15 is 0 Å². The second-order valence-corrected chi connectivity index (χ2v) is 8.26. The molecule has 0 bridgehead atoms. The zero-order valence-corrected chi connectivity index (χ0v) is 14.5. The number of hydrogen-bond acceptors (Lipinski definition) is 1. The lowest BCUT2D eigenvalue weighted by molar-refractivity contribution is -0.135. The molecule has 0 saturated heterocycles. The largest absolute Gasteiger partial charge is 0.348 e. The third-order valence-corrected chi connectivity index (χ3v) is 6.55. The third-order valence-electron chi connectivity index (χ3n) is 6.55. The summed E-state index contributed by atoms with van der Waals surface area (Å²) < 4.78 is 28.4. The Labute approximate surface area is 151 Å². The van der Waals surface area contributed by atoms with Gasteiger partial charge in [-0.1, -0.05) is 36.4 Å². The van der Waals surface area contributed by atoms with E-state index in [4.69, 9.17) is 0 Å². The van der Waals surface area contributed by atoms with Gasteiger partial charge in [-0.3, -0.25) is 4.79 Å². The first-order valence-electron chi connectivity index (χ1n) is 9.32. The highest BCUT2D eigenvalue weighted by atomic mass is 19.1. The number of halogens is 2. The second kappa shape index (κ2) is 5.38. The Morgan fingerprint density at radius 1 is 1.08 bits per heavy atom. The van der Waals surface area contributed by atoms with Crippen LogP contribution in [0.1, 0.15) is 48.4 Å². The standard InChI is InChI=1S/C22H21F2NO/c23-17-6-3-5-16(10-17)22(24)12-15(13-22)20(26)25-19-18-7-2-1-4-14(18)11-21(19)8-9-21/h1-7,10,15,19H,8-9,11-13H2,(H,25,26). The fourth-order valence-corrected chi connectivity index (χ4v) is 4.81. The van der Waals surface area contributed by atoms with Crippen molar-refractivity contribution in [2.45, 2.75) is 43.8 Å². The van der Waals surface area contributed by atoms with Crippen molar-refractivity contribution in [2.75, 3.05) is 0 Å². The molecular weight excluding hydrogens is 332 g/mol. The fraction of sp³-hybridized carbons (Fsp3) is 0.409. The number of fused-ring (bicyclic) bond motifs is 1. The topological polar surface area (TPSA) is 29.1 Å². The van der Waals surface area contributed by atoms with E-state index in [0.717, 1.165) is 19.3 Å². The van der Waals surface area contributed by atoms with Crippen LogP contribution in [0.15, 0.2) is 48.5 Å². The molecule has 0 aliphatic heterocycles. The zero-order valence-electron chi connectivity index (χ0n) is 14.5. The van der Waals surface area contributed by atoms with Gasteiger partial charge in [0.15, 0.2) is 0 Å². The Morgan fingerprint density at radius 3 is 2.58 bits per heavy atom. The van der Waals surface area contributed by atoms with Crippen LogP contribution < -0.4 is 5.32 Å². The molecule has 4 heteroatoms. The average molecular weight is 353 g/mol. The molecule has 26 heavy (non-hydrogen) atoms. The number of hydrogen-bond donors (Lipinski definition) is 1. The van der Waals surface area contributed by atoms with Crippen LogP contribution in [0, 0.1) is 17.2 Å². The molecular formula is C22H21F2NO. The van der Waals surface area contributed by atoms with Crippen molar-refractivity contribution in [3.05, 3.63) is 71.0 Å². The monoisotopic (exact) mass is 353 g/mol. The van der Waals surface area contributed by atoms with Crippen molar-refractivity contribution >= 4 is 5.91 Å². The van der Waals surface area contributed by atoms with Crippen molar-refractivity contribution < 1.29 is 13.6 Å². The van der Waals surface area contributed by atoms with E-state index in [1.54, 1.807) is 6.07 Å². The van der Waals surface area contributed by atoms with Gasteiger partial charge in [-0.15, -0.1) is 0 Å². The summed E-state index contributed by atoms with van der Waals surface area (Å²) in [7, 11) is 0. The van der Waals surface area contributed by atoms with Gasteiger partial charge >= 0.3 is 0 Å². The number of carbonyl (C=O) groups excluding carboxylic acids is 1. The van der Waals surface area contributed by atoms with Crippen molar-refractivity contribution in [2.24, 2.45) is 11.3 Å². The molecule has 0 aromatic heterocycles. The summed E-state index contributed by atoms with van der Waals surface area (Å²) >= 11 is 0. The van der Waals surface area contributed by atoms with Gasteiger partial charge in [0.25, 0.3) is 0 Å². The van der Waals surface area contributed by atoms with Crippen LogP contribution in [0.25, 0.3) is 0 Å². The maximum atomic E-state index is 15.0. The summed E-state index contributed by atoms with van der Waals surface area (Å²) in [6.07, 6.45) is 3.55. The molecule has 5 rings (SSSR count). The summed E-state index contributed by atoms with van der Waals surface area (Å²) in [6.45, 7) is 0. The highest BCUT2D eigenvalue weighted by molar-refractivity contribution is 5.81. The molecule has 2 fully saturated rings. The molecule has 0 heterocycles. The zero-order chi connectivity index (χ0) is 17.9. The van der Waals surface area contributed by atoms with Crippen LogP contribution in [0.3, 0.4) is 0 Å². The van der Waals surface area contributed by atoms with Gasteiger partial charge < -0.3 is 5.32 Å². The van der Waals surface area contributed by atoms with Crippen LogP contribution in [-0.4, -0.2) is 5.91 Å². The number of rotatable bonds is 3. The lowest BCUT2D eigenvalue weighted by Gasteiger charge is -2.41. The Kier molecular flexibility index (Phi) is 3.31. The van der Waals surface area contributed by atoms with E-state index in [1.807, 2.05) is 12.1 Å². The molecule has 134 valence electrons. The summed E-state index contributed by atoms with van der Waals surface area (Å²) in [4.78, 5) is 12.7. The summed E-state index contributed by atoms with van der Waals surface area (Å²) in [6, 6.07) is 14.0. The van der Waals surface area contributed by atoms with Crippen molar-refractivity contribution in [3.63, 3.8) is 0 Å². The summed E-state index contributed by atoms with van der Waals surface area (Å²) in [5.74, 6) is -0.847. The van der Waals surface area contributed by atoms with E-state index < -0.39 is 11.5 Å². The van der Waals surface area contributed by atoms with Gasteiger partial charge in [0.05, 0.1) is 6.04 Å². The lowest BCUT2D eigenvalue weighted by Crippen LogP contribution is -2.47. The maximum Gasteiger partial charge on any atom is 0.223 e. The average Bonchev–Trinajstić information content (AvgIpc) is 3.30. The minimum Gasteiger partial charge on any atom is -0.348 e. The van der Waals surface area contributed by atoms with Gasteiger partial charge in [-0.2, -0.15) is 0 Å². The van der Waals surface area contributed by atoms with Gasteiger partial charge in [-0.05, 0) is 66.3 Å². The molecule has 1 unspecified atom stereocenters. The number of benzene rings is 2. The van der Waals surface area contributed by atoms with Crippen molar-refractivity contribution in [1.82, 2.24) is 5.32 Å². The molecule has 1 amide bonds. The minimum absolute atomic E-state index is 0.0509. The number of amides is 1. The Hall–Kier alpha value is -2.23. The van der Waals surface area contributed by atoms with Crippen LogP contribution in [0.2, 0.25) is 0 Å². The van der Waals surface area contributed by atoms with Crippen LogP contribution in [-0.2, 0) is 16.9 Å². The lowest BCUT2D eigenvalue weighted by atomic mass is 9.68. The molecule has 2 saturated carbocycles. The second-order valence-electron chi connectivity index (χ2n) is 8.26. The van der Waals surface area contributed by atoms with E-state index in [2.05, 4.69) is 17.4 Å². The Morgan fingerprint density at radius 2 is 1.85 bits per heavy atom. The Balaban J connectivity index is 1.29. The molecule has 3 aliphatic carbocycles. The molecule has 2 aromatic carbocycles. The minimum atomic E-state index is -1.59. The number of alkyl halides is 1. The summed E-state index contributed by atoms with van der Waals surface area (Å²) in [5, 5.41) is 3.21. The van der Waals surface area contributed by atoms with Gasteiger partial charge in [0.1, 0.15) is 11.5 Å². The first kappa shape index (κ1) is 16.0. The quantitative estimate of drug-likeness (QED) is 0.859. The molecule has 2 nitrogen and oxygen atoms in total. The first-order chi connectivity index (χ1) is 12.5. The molecule has 3 aliphatic rings. The highest BCUT2D eigenvalue weighted by Gasteiger charge is 2.56. The van der Waals surface area contributed by atoms with Gasteiger partial charge in [-0.25, -0.2) is 8.78 Å². The van der Waals surface area contributed by atoms with Crippen molar-refractivity contribution in [3.8, 4) is 0 Å². The molecule has 1 spiro atoms. The van der Waals surface area contributed by atoms with Crippen LogP contribution in [0.5, 0.6) is 0 Å². The number of nitrogens with one attached hydrogen (secondary N) is 1. The molecule has 0 radical (unpaired) electrons. The van der Waals surface area contributed by atoms with E-state index in [-0.39, 0.29) is 36.1 Å². The fourth-order valence-electron chi connectivity index (χ4n) is 4.81. The van der Waals surface area contributed by atoms with E-state index in [9.17, 15) is 13.6 Å². The van der Waals surface area contributed by atoms with Gasteiger partial charge in [0.2, 0.25) is 5.91 Å². The van der Waals surface area contributed by atoms with Crippen LogP contribution >= 0.6 is 0 Å². The van der Waals surface area contributed by atoms with Crippen molar-refractivity contribution in [1.29, 1.82) is 0 Å². The maximum absolute atomic E-state index is 15.0. The molecule has 1 N–H and O–H groups in total. The smallest absolute Gasteiger partial charge is 0.223 e. The number of carbonyl (C=O) groups is 1. The summed E-state index contributed by atoms with van der Waals surface area (Å²) in [5.41, 5.74) is 1.47. The molecule has 2 aromatic rings.